The van der Waals surface area contributed by atoms with Gasteiger partial charge in [-0.25, -0.2) is 0 Å². The molecule has 0 atom stereocenters. The molecule has 78 valence electrons. The van der Waals surface area contributed by atoms with Crippen molar-refractivity contribution in [3.63, 3.8) is 0 Å². The first kappa shape index (κ1) is 10.8. The molecule has 1 aromatic heterocycles. The second-order valence-corrected chi connectivity index (χ2v) is 3.71. The van der Waals surface area contributed by atoms with Gasteiger partial charge in [-0.2, -0.15) is 5.10 Å². The summed E-state index contributed by atoms with van der Waals surface area (Å²) in [4.78, 5) is 10.3. The molecule has 0 aliphatic carbocycles. The van der Waals surface area contributed by atoms with Crippen LogP contribution in [0.2, 0.25) is 0 Å². The molecule has 1 rings (SSSR count). The fourth-order valence-electron chi connectivity index (χ4n) is 1.45. The number of rotatable bonds is 5. The van der Waals surface area contributed by atoms with Crippen molar-refractivity contribution < 1.29 is 9.90 Å². The van der Waals surface area contributed by atoms with E-state index in [0.717, 1.165) is 17.7 Å². The van der Waals surface area contributed by atoms with E-state index in [4.69, 9.17) is 5.11 Å². The van der Waals surface area contributed by atoms with Gasteiger partial charge in [0.25, 0.3) is 0 Å². The van der Waals surface area contributed by atoms with Crippen molar-refractivity contribution in [1.82, 2.24) is 10.2 Å². The highest BCUT2D eigenvalue weighted by molar-refractivity contribution is 5.66. The molecule has 0 amide bonds. The Balaban J connectivity index is 2.50. The Morgan fingerprint density at radius 1 is 1.64 bits per heavy atom. The van der Waals surface area contributed by atoms with Gasteiger partial charge in [-0.05, 0) is 24.3 Å². The van der Waals surface area contributed by atoms with Crippen molar-refractivity contribution in [2.24, 2.45) is 0 Å². The first-order chi connectivity index (χ1) is 6.61. The van der Waals surface area contributed by atoms with Crippen LogP contribution in [-0.2, 0) is 11.2 Å². The molecular formula is C10H16N2O2. The van der Waals surface area contributed by atoms with Crippen LogP contribution in [0, 0.1) is 0 Å². The number of carboxylic acid groups (broad SMARTS) is 1. The van der Waals surface area contributed by atoms with Gasteiger partial charge in [0.2, 0.25) is 0 Å². The van der Waals surface area contributed by atoms with Crippen LogP contribution < -0.4 is 0 Å². The quantitative estimate of drug-likeness (QED) is 0.756. The van der Waals surface area contributed by atoms with E-state index in [9.17, 15) is 4.79 Å². The van der Waals surface area contributed by atoms with Crippen LogP contribution in [0.25, 0.3) is 0 Å². The summed E-state index contributed by atoms with van der Waals surface area (Å²) in [6.07, 6.45) is 3.48. The van der Waals surface area contributed by atoms with Crippen LogP contribution in [0.4, 0.5) is 0 Å². The fraction of sp³-hybridized carbons (Fsp3) is 0.600. The van der Waals surface area contributed by atoms with Gasteiger partial charge in [0, 0.05) is 12.1 Å². The van der Waals surface area contributed by atoms with Gasteiger partial charge in [0.05, 0.1) is 6.20 Å². The summed E-state index contributed by atoms with van der Waals surface area (Å²) in [5, 5.41) is 15.4. The molecule has 0 aromatic carbocycles. The number of aryl methyl sites for hydroxylation is 1. The summed E-state index contributed by atoms with van der Waals surface area (Å²) < 4.78 is 0. The second kappa shape index (κ2) is 4.79. The number of nitrogens with one attached hydrogen (secondary N) is 1. The van der Waals surface area contributed by atoms with Crippen molar-refractivity contribution in [3.8, 4) is 0 Å². The molecule has 0 saturated carbocycles. The summed E-state index contributed by atoms with van der Waals surface area (Å²) in [6, 6.07) is 0. The second-order valence-electron chi connectivity index (χ2n) is 3.71. The van der Waals surface area contributed by atoms with Crippen molar-refractivity contribution in [1.29, 1.82) is 0 Å². The third-order valence-corrected chi connectivity index (χ3v) is 2.17. The lowest BCUT2D eigenvalue weighted by Gasteiger charge is -2.04. The summed E-state index contributed by atoms with van der Waals surface area (Å²) in [5.41, 5.74) is 2.26. The maximum atomic E-state index is 10.3. The van der Waals surface area contributed by atoms with Crippen molar-refractivity contribution >= 4 is 5.97 Å². The van der Waals surface area contributed by atoms with E-state index in [0.29, 0.717) is 12.3 Å². The van der Waals surface area contributed by atoms with Crippen LogP contribution >= 0.6 is 0 Å². The Bertz CT molecular complexity index is 305. The van der Waals surface area contributed by atoms with Crippen molar-refractivity contribution in [3.05, 3.63) is 17.5 Å². The normalized spacial score (nSPS) is 10.8. The number of aliphatic carboxylic acids is 1. The number of aromatic nitrogens is 2. The molecule has 0 aliphatic heterocycles. The number of nitrogens with zero attached hydrogens (tertiary/aromatic N) is 1. The van der Waals surface area contributed by atoms with E-state index in [1.807, 2.05) is 0 Å². The SMILES string of the molecule is CC(C)c1[nH]ncc1CCCC(=O)O. The maximum absolute atomic E-state index is 10.3. The Morgan fingerprint density at radius 3 is 2.93 bits per heavy atom. The van der Waals surface area contributed by atoms with E-state index in [2.05, 4.69) is 24.0 Å². The molecule has 0 aliphatic rings. The summed E-state index contributed by atoms with van der Waals surface area (Å²) in [7, 11) is 0. The summed E-state index contributed by atoms with van der Waals surface area (Å²) in [5.74, 6) is -0.322. The molecule has 1 aromatic rings. The highest BCUT2D eigenvalue weighted by Crippen LogP contribution is 2.17. The van der Waals surface area contributed by atoms with Crippen LogP contribution in [0.3, 0.4) is 0 Å². The number of hydrogen-bond acceptors (Lipinski definition) is 2. The predicted octanol–water partition coefficient (Wildman–Crippen LogP) is 1.94. The highest BCUT2D eigenvalue weighted by atomic mass is 16.4. The minimum atomic E-state index is -0.736. The smallest absolute Gasteiger partial charge is 0.303 e. The minimum absolute atomic E-state index is 0.225. The van der Waals surface area contributed by atoms with E-state index >= 15 is 0 Å². The molecule has 14 heavy (non-hydrogen) atoms. The minimum Gasteiger partial charge on any atom is -0.481 e. The first-order valence-electron chi connectivity index (χ1n) is 4.85. The van der Waals surface area contributed by atoms with Gasteiger partial charge in [-0.15, -0.1) is 0 Å². The largest absolute Gasteiger partial charge is 0.481 e. The van der Waals surface area contributed by atoms with Crippen LogP contribution in [0.1, 0.15) is 43.9 Å². The first-order valence-corrected chi connectivity index (χ1v) is 4.85. The fourth-order valence-corrected chi connectivity index (χ4v) is 1.45. The van der Waals surface area contributed by atoms with Crippen LogP contribution in [0.5, 0.6) is 0 Å². The zero-order chi connectivity index (χ0) is 10.6. The lowest BCUT2D eigenvalue weighted by Crippen LogP contribution is -1.98. The Labute approximate surface area is 83.3 Å². The number of carbonyl (C=O) groups is 1. The van der Waals surface area contributed by atoms with Gasteiger partial charge in [0.15, 0.2) is 0 Å². The van der Waals surface area contributed by atoms with E-state index in [-0.39, 0.29) is 6.42 Å². The van der Waals surface area contributed by atoms with Crippen LogP contribution in [-0.4, -0.2) is 21.3 Å². The molecule has 2 N–H and O–H groups in total. The lowest BCUT2D eigenvalue weighted by molar-refractivity contribution is -0.137. The highest BCUT2D eigenvalue weighted by Gasteiger charge is 2.08. The molecule has 0 radical (unpaired) electrons. The average molecular weight is 196 g/mol. The Morgan fingerprint density at radius 2 is 2.36 bits per heavy atom. The van der Waals surface area contributed by atoms with E-state index < -0.39 is 5.97 Å². The Hall–Kier alpha value is -1.32. The number of H-pyrrole nitrogens is 1. The molecule has 1 heterocycles. The monoisotopic (exact) mass is 196 g/mol. The third-order valence-electron chi connectivity index (χ3n) is 2.17. The Kier molecular flexibility index (Phi) is 3.68. The zero-order valence-corrected chi connectivity index (χ0v) is 8.58. The molecule has 0 unspecified atom stereocenters. The number of hydrogen-bond donors (Lipinski definition) is 2. The molecule has 4 nitrogen and oxygen atoms in total. The standard InChI is InChI=1S/C10H16N2O2/c1-7(2)10-8(6-11-12-10)4-3-5-9(13)14/h6-7H,3-5H2,1-2H3,(H,11,12)(H,13,14). The topological polar surface area (TPSA) is 66.0 Å². The molecule has 0 fully saturated rings. The van der Waals surface area contributed by atoms with Gasteiger partial charge in [0.1, 0.15) is 0 Å². The maximum Gasteiger partial charge on any atom is 0.303 e. The molecule has 0 saturated heterocycles. The van der Waals surface area contributed by atoms with Gasteiger partial charge in [-0.3, -0.25) is 9.89 Å². The van der Waals surface area contributed by atoms with Crippen molar-refractivity contribution in [2.45, 2.75) is 39.0 Å². The van der Waals surface area contributed by atoms with E-state index in [1.54, 1.807) is 6.20 Å². The average Bonchev–Trinajstić information content (AvgIpc) is 2.51. The van der Waals surface area contributed by atoms with Crippen molar-refractivity contribution in [2.75, 3.05) is 0 Å². The molecule has 4 heteroatoms. The van der Waals surface area contributed by atoms with Gasteiger partial charge in [-0.1, -0.05) is 13.8 Å². The van der Waals surface area contributed by atoms with Gasteiger partial charge < -0.3 is 5.11 Å². The number of carboxylic acids is 1. The summed E-state index contributed by atoms with van der Waals surface area (Å²) >= 11 is 0. The lowest BCUT2D eigenvalue weighted by atomic mass is 10.0. The molecular weight excluding hydrogens is 180 g/mol. The summed E-state index contributed by atoms with van der Waals surface area (Å²) in [6.45, 7) is 4.18. The van der Waals surface area contributed by atoms with Gasteiger partial charge >= 0.3 is 5.97 Å². The number of aromatic amines is 1. The zero-order valence-electron chi connectivity index (χ0n) is 8.58. The third kappa shape index (κ3) is 2.87. The molecule has 0 bridgehead atoms. The van der Waals surface area contributed by atoms with Crippen LogP contribution in [0.15, 0.2) is 6.20 Å². The van der Waals surface area contributed by atoms with E-state index in [1.165, 1.54) is 0 Å². The predicted molar refractivity (Wildman–Crippen MR) is 53.3 cm³/mol. The molecule has 0 spiro atoms.